The minimum Gasteiger partial charge on any atom is -0.463 e. The minimum atomic E-state index is -0.216. The van der Waals surface area contributed by atoms with Crippen molar-refractivity contribution in [2.45, 2.75) is 13.3 Å². The van der Waals surface area contributed by atoms with Gasteiger partial charge in [-0.25, -0.2) is 4.79 Å². The van der Waals surface area contributed by atoms with Crippen molar-refractivity contribution in [2.75, 3.05) is 19.7 Å². The van der Waals surface area contributed by atoms with Crippen molar-refractivity contribution in [1.29, 1.82) is 0 Å². The van der Waals surface area contributed by atoms with Crippen LogP contribution in [0.5, 0.6) is 0 Å². The van der Waals surface area contributed by atoms with Crippen molar-refractivity contribution in [2.24, 2.45) is 0 Å². The summed E-state index contributed by atoms with van der Waals surface area (Å²) in [5.74, 6) is -0.216. The van der Waals surface area contributed by atoms with Gasteiger partial charge in [-0.3, -0.25) is 0 Å². The van der Waals surface area contributed by atoms with Gasteiger partial charge in [0.25, 0.3) is 0 Å². The van der Waals surface area contributed by atoms with Gasteiger partial charge in [-0.15, -0.1) is 12.4 Å². The van der Waals surface area contributed by atoms with Crippen LogP contribution in [0.1, 0.15) is 13.3 Å². The molecule has 0 saturated carbocycles. The number of esters is 1. The number of nitrogens with one attached hydrogen (secondary N) is 1. The average Bonchev–Trinajstić information content (AvgIpc) is 2.40. The van der Waals surface area contributed by atoms with Crippen LogP contribution in [0.3, 0.4) is 0 Å². The number of hydrogen-bond donors (Lipinski definition) is 1. The third-order valence-electron chi connectivity index (χ3n) is 1.58. The van der Waals surface area contributed by atoms with E-state index >= 15 is 0 Å². The Labute approximate surface area is 78.6 Å². The van der Waals surface area contributed by atoms with Gasteiger partial charge in [-0.2, -0.15) is 0 Å². The van der Waals surface area contributed by atoms with Crippen molar-refractivity contribution < 1.29 is 9.53 Å². The number of hydrogen-bond acceptors (Lipinski definition) is 3. The van der Waals surface area contributed by atoms with E-state index in [1.165, 1.54) is 0 Å². The molecule has 0 atom stereocenters. The van der Waals surface area contributed by atoms with Gasteiger partial charge in [-0.1, -0.05) is 0 Å². The first kappa shape index (κ1) is 11.5. The topological polar surface area (TPSA) is 38.3 Å². The van der Waals surface area contributed by atoms with Gasteiger partial charge in [-0.05, 0) is 25.5 Å². The van der Waals surface area contributed by atoms with E-state index in [-0.39, 0.29) is 18.4 Å². The summed E-state index contributed by atoms with van der Waals surface area (Å²) in [6.45, 7) is 4.07. The standard InChI is InChI=1S/C8H13NO2.ClH/c1-2-11-8(10)5-7-3-4-9-6-7;/h5,9H,2-4,6H2,1H3;1H/b7-5-;. The molecule has 0 aromatic carbocycles. The fourth-order valence-corrected chi connectivity index (χ4v) is 1.06. The lowest BCUT2D eigenvalue weighted by Gasteiger charge is -1.96. The van der Waals surface area contributed by atoms with Crippen LogP contribution in [0.4, 0.5) is 0 Å². The molecule has 1 saturated heterocycles. The van der Waals surface area contributed by atoms with E-state index in [9.17, 15) is 4.79 Å². The number of ether oxygens (including phenoxy) is 1. The number of carbonyl (C=O) groups excluding carboxylic acids is 1. The van der Waals surface area contributed by atoms with Crippen molar-refractivity contribution in [3.05, 3.63) is 11.6 Å². The molecule has 0 aliphatic carbocycles. The van der Waals surface area contributed by atoms with Gasteiger partial charge in [0.05, 0.1) is 6.61 Å². The molecular weight excluding hydrogens is 178 g/mol. The molecule has 0 aromatic heterocycles. The molecule has 1 rings (SSSR count). The van der Waals surface area contributed by atoms with Crippen LogP contribution in [-0.4, -0.2) is 25.7 Å². The second-order valence-electron chi connectivity index (χ2n) is 2.48. The maximum Gasteiger partial charge on any atom is 0.330 e. The zero-order valence-corrected chi connectivity index (χ0v) is 7.95. The molecule has 1 fully saturated rings. The highest BCUT2D eigenvalue weighted by Gasteiger charge is 2.07. The second-order valence-corrected chi connectivity index (χ2v) is 2.48. The summed E-state index contributed by atoms with van der Waals surface area (Å²) >= 11 is 0. The van der Waals surface area contributed by atoms with Gasteiger partial charge >= 0.3 is 5.97 Å². The fourth-order valence-electron chi connectivity index (χ4n) is 1.06. The average molecular weight is 192 g/mol. The van der Waals surface area contributed by atoms with Crippen LogP contribution in [-0.2, 0) is 9.53 Å². The maximum atomic E-state index is 10.9. The monoisotopic (exact) mass is 191 g/mol. The molecule has 0 bridgehead atoms. The van der Waals surface area contributed by atoms with Gasteiger partial charge in [0.1, 0.15) is 0 Å². The highest BCUT2D eigenvalue weighted by atomic mass is 35.5. The third kappa shape index (κ3) is 3.74. The van der Waals surface area contributed by atoms with E-state index in [0.29, 0.717) is 6.61 Å². The van der Waals surface area contributed by atoms with Crippen molar-refractivity contribution >= 4 is 18.4 Å². The first-order valence-electron chi connectivity index (χ1n) is 3.90. The van der Waals surface area contributed by atoms with E-state index in [2.05, 4.69) is 5.32 Å². The highest BCUT2D eigenvalue weighted by Crippen LogP contribution is 2.05. The first-order chi connectivity index (χ1) is 5.33. The minimum absolute atomic E-state index is 0. The molecule has 4 heteroatoms. The van der Waals surface area contributed by atoms with Gasteiger partial charge in [0.15, 0.2) is 0 Å². The summed E-state index contributed by atoms with van der Waals surface area (Å²) in [7, 11) is 0. The molecule has 12 heavy (non-hydrogen) atoms. The first-order valence-corrected chi connectivity index (χ1v) is 3.90. The van der Waals surface area contributed by atoms with Crippen LogP contribution in [0.15, 0.2) is 11.6 Å². The predicted octanol–water partition coefficient (Wildman–Crippen LogP) is 0.891. The number of halogens is 1. The van der Waals surface area contributed by atoms with Crippen LogP contribution in [0.25, 0.3) is 0 Å². The molecule has 0 unspecified atom stereocenters. The largest absolute Gasteiger partial charge is 0.463 e. The molecule has 1 aliphatic heterocycles. The molecule has 3 nitrogen and oxygen atoms in total. The van der Waals surface area contributed by atoms with Crippen LogP contribution in [0, 0.1) is 0 Å². The Morgan fingerprint density at radius 3 is 3.00 bits per heavy atom. The summed E-state index contributed by atoms with van der Waals surface area (Å²) < 4.78 is 4.76. The molecule has 70 valence electrons. The Morgan fingerprint density at radius 1 is 1.75 bits per heavy atom. The fraction of sp³-hybridized carbons (Fsp3) is 0.625. The lowest BCUT2D eigenvalue weighted by atomic mass is 10.2. The Morgan fingerprint density at radius 2 is 2.50 bits per heavy atom. The van der Waals surface area contributed by atoms with Crippen molar-refractivity contribution in [1.82, 2.24) is 5.32 Å². The van der Waals surface area contributed by atoms with E-state index in [1.54, 1.807) is 6.08 Å². The Bertz CT molecular complexity index is 172. The highest BCUT2D eigenvalue weighted by molar-refractivity contribution is 5.85. The quantitative estimate of drug-likeness (QED) is 0.521. The van der Waals surface area contributed by atoms with Crippen LogP contribution >= 0.6 is 12.4 Å². The molecule has 0 amide bonds. The lowest BCUT2D eigenvalue weighted by Crippen LogP contribution is -2.06. The summed E-state index contributed by atoms with van der Waals surface area (Å²) in [6, 6.07) is 0. The van der Waals surface area contributed by atoms with E-state index in [1.807, 2.05) is 6.92 Å². The normalized spacial score (nSPS) is 18.9. The zero-order chi connectivity index (χ0) is 8.10. The molecule has 1 aliphatic rings. The lowest BCUT2D eigenvalue weighted by molar-refractivity contribution is -0.137. The smallest absolute Gasteiger partial charge is 0.330 e. The second kappa shape index (κ2) is 6.03. The molecule has 0 radical (unpaired) electrons. The summed E-state index contributed by atoms with van der Waals surface area (Å²) in [5, 5.41) is 3.14. The van der Waals surface area contributed by atoms with Crippen molar-refractivity contribution in [3.8, 4) is 0 Å². The van der Waals surface area contributed by atoms with Gasteiger partial charge < -0.3 is 10.1 Å². The predicted molar refractivity (Wildman–Crippen MR) is 49.5 cm³/mol. The van der Waals surface area contributed by atoms with E-state index < -0.39 is 0 Å². The van der Waals surface area contributed by atoms with E-state index in [0.717, 1.165) is 25.1 Å². The van der Waals surface area contributed by atoms with E-state index in [4.69, 9.17) is 4.74 Å². The van der Waals surface area contributed by atoms with Gasteiger partial charge in [0.2, 0.25) is 0 Å². The Kier molecular flexibility index (Phi) is 5.76. The SMILES string of the molecule is CCOC(=O)/C=C1/CCNC1.Cl. The number of carbonyl (C=O) groups is 1. The molecular formula is C8H14ClNO2. The summed E-state index contributed by atoms with van der Waals surface area (Å²) in [5.41, 5.74) is 1.14. The zero-order valence-electron chi connectivity index (χ0n) is 7.13. The van der Waals surface area contributed by atoms with Crippen molar-refractivity contribution in [3.63, 3.8) is 0 Å². The molecule has 1 N–H and O–H groups in total. The van der Waals surface area contributed by atoms with Crippen LogP contribution in [0.2, 0.25) is 0 Å². The molecule has 1 heterocycles. The number of rotatable bonds is 2. The Hall–Kier alpha value is -0.540. The third-order valence-corrected chi connectivity index (χ3v) is 1.58. The molecule has 0 spiro atoms. The van der Waals surface area contributed by atoms with Crippen LogP contribution < -0.4 is 5.32 Å². The molecule has 0 aromatic rings. The summed E-state index contributed by atoms with van der Waals surface area (Å²) in [6.07, 6.45) is 2.56. The summed E-state index contributed by atoms with van der Waals surface area (Å²) in [4.78, 5) is 10.9. The Balaban J connectivity index is 0.00000121. The van der Waals surface area contributed by atoms with Gasteiger partial charge in [0, 0.05) is 12.6 Å². The maximum absolute atomic E-state index is 10.9.